The third-order valence-electron chi connectivity index (χ3n) is 2.04. The molecule has 0 atom stereocenters. The van der Waals surface area contributed by atoms with E-state index in [0.717, 1.165) is 10.6 Å². The first-order valence-electron chi connectivity index (χ1n) is 5.54. The smallest absolute Gasteiger partial charge is 0.345 e. The third-order valence-corrected chi connectivity index (χ3v) is 3.14. The summed E-state index contributed by atoms with van der Waals surface area (Å²) in [4.78, 5) is 16.0. The molecular weight excluding hydrogens is 250 g/mol. The maximum Gasteiger partial charge on any atom is 0.345 e. The molecule has 0 saturated carbocycles. The summed E-state index contributed by atoms with van der Waals surface area (Å²) in [7, 11) is 1.57. The monoisotopic (exact) mass is 265 g/mol. The average molecular weight is 265 g/mol. The number of carbonyl (C=O) groups is 1. The summed E-state index contributed by atoms with van der Waals surface area (Å²) in [6.07, 6.45) is 1.61. The summed E-state index contributed by atoms with van der Waals surface area (Å²) >= 11 is 1.20. The molecule has 0 bridgehead atoms. The van der Waals surface area contributed by atoms with Crippen LogP contribution in [-0.4, -0.2) is 23.2 Å². The number of rotatable bonds is 3. The van der Waals surface area contributed by atoms with Gasteiger partial charge in [0.25, 0.3) is 0 Å². The zero-order valence-corrected chi connectivity index (χ0v) is 11.3. The van der Waals surface area contributed by atoms with Crippen molar-refractivity contribution >= 4 is 17.3 Å². The Kier molecular flexibility index (Phi) is 5.32. The maximum absolute atomic E-state index is 10.7. The molecule has 0 aliphatic heterocycles. The number of methoxy groups -OCH3 is 1. The van der Waals surface area contributed by atoms with E-state index in [1.54, 1.807) is 37.6 Å². The minimum atomic E-state index is -0.912. The van der Waals surface area contributed by atoms with Crippen molar-refractivity contribution in [1.29, 1.82) is 0 Å². The number of carboxylic acids is 1. The number of thiophene rings is 1. The molecule has 5 heteroatoms. The van der Waals surface area contributed by atoms with E-state index in [-0.39, 0.29) is 0 Å². The standard InChI is InChI=1S/C11H9NO3S.C2H6/c1-15-7-2-3-8(12-6-7)9-4-5-10(16-9)11(13)14;1-2/h2-6H,1H3,(H,13,14);1-2H3. The first kappa shape index (κ1) is 14.2. The molecule has 0 amide bonds. The van der Waals surface area contributed by atoms with Gasteiger partial charge in [0.05, 0.1) is 23.9 Å². The second kappa shape index (κ2) is 6.76. The Labute approximate surface area is 110 Å². The van der Waals surface area contributed by atoms with Crippen LogP contribution in [0.2, 0.25) is 0 Å². The van der Waals surface area contributed by atoms with Crippen LogP contribution in [0.25, 0.3) is 10.6 Å². The van der Waals surface area contributed by atoms with Crippen LogP contribution in [0.4, 0.5) is 0 Å². The van der Waals surface area contributed by atoms with Gasteiger partial charge < -0.3 is 9.84 Å². The Morgan fingerprint density at radius 3 is 2.44 bits per heavy atom. The summed E-state index contributed by atoms with van der Waals surface area (Å²) in [5.74, 6) is -0.233. The van der Waals surface area contributed by atoms with Crippen LogP contribution in [0.1, 0.15) is 23.5 Å². The van der Waals surface area contributed by atoms with Crippen molar-refractivity contribution in [1.82, 2.24) is 4.98 Å². The number of carboxylic acid groups (broad SMARTS) is 1. The molecule has 2 heterocycles. The molecule has 4 nitrogen and oxygen atoms in total. The van der Waals surface area contributed by atoms with Gasteiger partial charge in [-0.25, -0.2) is 4.79 Å². The van der Waals surface area contributed by atoms with Gasteiger partial charge in [-0.2, -0.15) is 0 Å². The summed E-state index contributed by atoms with van der Waals surface area (Å²) in [5, 5.41) is 8.80. The van der Waals surface area contributed by atoms with Gasteiger partial charge in [0.15, 0.2) is 0 Å². The van der Waals surface area contributed by atoms with E-state index < -0.39 is 5.97 Å². The molecule has 2 rings (SSSR count). The lowest BCUT2D eigenvalue weighted by Crippen LogP contribution is -1.89. The second-order valence-electron chi connectivity index (χ2n) is 3.05. The Morgan fingerprint density at radius 2 is 2.00 bits per heavy atom. The molecule has 0 spiro atoms. The van der Waals surface area contributed by atoms with Gasteiger partial charge in [0, 0.05) is 0 Å². The summed E-state index contributed by atoms with van der Waals surface area (Å²) in [5.41, 5.74) is 0.748. The quantitative estimate of drug-likeness (QED) is 0.922. The van der Waals surface area contributed by atoms with Crippen molar-refractivity contribution in [3.63, 3.8) is 0 Å². The van der Waals surface area contributed by atoms with Crippen molar-refractivity contribution in [2.75, 3.05) is 7.11 Å². The zero-order valence-electron chi connectivity index (χ0n) is 10.5. The van der Waals surface area contributed by atoms with Gasteiger partial charge in [-0.3, -0.25) is 4.98 Å². The third kappa shape index (κ3) is 3.30. The fourth-order valence-corrected chi connectivity index (χ4v) is 2.06. The van der Waals surface area contributed by atoms with Gasteiger partial charge in [-0.15, -0.1) is 11.3 Å². The van der Waals surface area contributed by atoms with Gasteiger partial charge in [-0.05, 0) is 24.3 Å². The molecule has 2 aromatic rings. The van der Waals surface area contributed by atoms with E-state index in [4.69, 9.17) is 9.84 Å². The van der Waals surface area contributed by atoms with Gasteiger partial charge in [0.2, 0.25) is 0 Å². The molecule has 0 radical (unpaired) electrons. The lowest BCUT2D eigenvalue weighted by atomic mass is 10.3. The van der Waals surface area contributed by atoms with Gasteiger partial charge in [-0.1, -0.05) is 13.8 Å². The second-order valence-corrected chi connectivity index (χ2v) is 4.14. The molecule has 0 aromatic carbocycles. The van der Waals surface area contributed by atoms with Crippen LogP contribution in [0.5, 0.6) is 5.75 Å². The largest absolute Gasteiger partial charge is 0.495 e. The lowest BCUT2D eigenvalue weighted by Gasteiger charge is -1.99. The van der Waals surface area contributed by atoms with Crippen LogP contribution in [0.15, 0.2) is 30.5 Å². The first-order valence-corrected chi connectivity index (χ1v) is 6.36. The number of hydrogen-bond donors (Lipinski definition) is 1. The average Bonchev–Trinajstić information content (AvgIpc) is 2.91. The minimum Gasteiger partial charge on any atom is -0.495 e. The normalized spacial score (nSPS) is 9.28. The molecule has 0 saturated heterocycles. The molecule has 1 N–H and O–H groups in total. The van der Waals surface area contributed by atoms with Crippen molar-refractivity contribution < 1.29 is 14.6 Å². The molecule has 0 unspecified atom stereocenters. The highest BCUT2D eigenvalue weighted by Gasteiger charge is 2.08. The predicted molar refractivity (Wildman–Crippen MR) is 72.4 cm³/mol. The van der Waals surface area contributed by atoms with E-state index in [1.165, 1.54) is 11.3 Å². The Bertz CT molecular complexity index is 505. The van der Waals surface area contributed by atoms with Crippen molar-refractivity contribution in [3.05, 3.63) is 35.3 Å². The lowest BCUT2D eigenvalue weighted by molar-refractivity contribution is 0.0702. The van der Waals surface area contributed by atoms with Crippen molar-refractivity contribution in [3.8, 4) is 16.3 Å². The highest BCUT2D eigenvalue weighted by atomic mass is 32.1. The highest BCUT2D eigenvalue weighted by Crippen LogP contribution is 2.27. The van der Waals surface area contributed by atoms with E-state index in [2.05, 4.69) is 4.98 Å². The molecular formula is C13H15NO3S. The highest BCUT2D eigenvalue weighted by molar-refractivity contribution is 7.17. The fraction of sp³-hybridized carbons (Fsp3) is 0.231. The predicted octanol–water partition coefficient (Wildman–Crippen LogP) is 3.54. The Hall–Kier alpha value is -1.88. The molecule has 0 aliphatic rings. The summed E-state index contributed by atoms with van der Waals surface area (Å²) in [6.45, 7) is 4.00. The molecule has 96 valence electrons. The molecule has 0 aliphatic carbocycles. The van der Waals surface area contributed by atoms with Gasteiger partial charge >= 0.3 is 5.97 Å². The van der Waals surface area contributed by atoms with E-state index in [9.17, 15) is 4.79 Å². The van der Waals surface area contributed by atoms with Crippen LogP contribution >= 0.6 is 11.3 Å². The summed E-state index contributed by atoms with van der Waals surface area (Å²) in [6, 6.07) is 6.93. The SMILES string of the molecule is CC.COc1ccc(-c2ccc(C(=O)O)s2)nc1. The molecule has 0 fully saturated rings. The maximum atomic E-state index is 10.7. The van der Waals surface area contributed by atoms with Crippen LogP contribution in [-0.2, 0) is 0 Å². The zero-order chi connectivity index (χ0) is 13.5. The van der Waals surface area contributed by atoms with Crippen LogP contribution < -0.4 is 4.74 Å². The fourth-order valence-electron chi connectivity index (χ4n) is 1.24. The van der Waals surface area contributed by atoms with E-state index in [0.29, 0.717) is 10.6 Å². The number of nitrogens with zero attached hydrogens (tertiary/aromatic N) is 1. The molecule has 2 aromatic heterocycles. The van der Waals surface area contributed by atoms with Crippen LogP contribution in [0.3, 0.4) is 0 Å². The topological polar surface area (TPSA) is 59.4 Å². The van der Waals surface area contributed by atoms with E-state index in [1.807, 2.05) is 13.8 Å². The number of ether oxygens (including phenoxy) is 1. The number of aromatic nitrogens is 1. The number of pyridine rings is 1. The minimum absolute atomic E-state index is 0.313. The Balaban J connectivity index is 0.000000771. The molecule has 18 heavy (non-hydrogen) atoms. The van der Waals surface area contributed by atoms with E-state index >= 15 is 0 Å². The number of hydrogen-bond acceptors (Lipinski definition) is 4. The van der Waals surface area contributed by atoms with Crippen molar-refractivity contribution in [2.24, 2.45) is 0 Å². The Morgan fingerprint density at radius 1 is 1.28 bits per heavy atom. The summed E-state index contributed by atoms with van der Waals surface area (Å²) < 4.78 is 5.00. The van der Waals surface area contributed by atoms with Crippen LogP contribution in [0, 0.1) is 0 Å². The number of aromatic carboxylic acids is 1. The van der Waals surface area contributed by atoms with Crippen molar-refractivity contribution in [2.45, 2.75) is 13.8 Å². The first-order chi connectivity index (χ1) is 8.70. The van der Waals surface area contributed by atoms with Gasteiger partial charge in [0.1, 0.15) is 10.6 Å².